The van der Waals surface area contributed by atoms with Gasteiger partial charge in [0.05, 0.1) is 0 Å². The molecule has 0 amide bonds. The topological polar surface area (TPSA) is 78.9 Å². The van der Waals surface area contributed by atoms with E-state index in [1.165, 1.54) is 25.7 Å². The third kappa shape index (κ3) is 55.6. The standard InChI is InChI=1S/C65H98O6/c1-4-7-10-13-16-19-22-25-28-31-32-35-37-40-43-46-49-52-55-58-64(67)70-61-62(71-65(68)59-56-53-50-47-44-41-38-34-30-27-24-21-18-15-12-9-6-3)60-69-63(66)57-54-51-48-45-42-39-36-33-29-26-23-20-17-14-11-8-5-2/h7-8,10-11,16-21,25-30,32,35-36,38-41,43,45,47-48,50,62H,4-6,9,12-15,22-24,31,33-34,37,42,44,46,49,51-61H2,1-3H3/b10-7-,11-8-,19-16-,20-17-,21-18-,28-25-,29-26-,30-27-,35-32-,39-36-,41-38-,43-40-,48-45-,50-47-/t62-/m0/s1. The Bertz CT molecular complexity index is 1690. The van der Waals surface area contributed by atoms with Crippen LogP contribution in [0.3, 0.4) is 0 Å². The van der Waals surface area contributed by atoms with Crippen LogP contribution in [0.5, 0.6) is 0 Å². The van der Waals surface area contributed by atoms with E-state index in [0.29, 0.717) is 12.8 Å². The summed E-state index contributed by atoms with van der Waals surface area (Å²) in [5, 5.41) is 0. The molecular weight excluding hydrogens is 877 g/mol. The van der Waals surface area contributed by atoms with Crippen molar-refractivity contribution in [2.24, 2.45) is 0 Å². The van der Waals surface area contributed by atoms with Crippen LogP contribution in [-0.2, 0) is 28.6 Å². The summed E-state index contributed by atoms with van der Waals surface area (Å²) in [6.07, 6.45) is 84.9. The van der Waals surface area contributed by atoms with Crippen LogP contribution in [0.15, 0.2) is 170 Å². The maximum Gasteiger partial charge on any atom is 0.306 e. The molecule has 6 heteroatoms. The van der Waals surface area contributed by atoms with Gasteiger partial charge in [-0.25, -0.2) is 0 Å². The van der Waals surface area contributed by atoms with E-state index < -0.39 is 12.1 Å². The summed E-state index contributed by atoms with van der Waals surface area (Å²) in [5.74, 6) is -1.10. The van der Waals surface area contributed by atoms with Crippen molar-refractivity contribution in [2.75, 3.05) is 13.2 Å². The molecule has 0 fully saturated rings. The summed E-state index contributed by atoms with van der Waals surface area (Å²) in [5.41, 5.74) is 0. The first-order valence-corrected chi connectivity index (χ1v) is 27.6. The molecule has 0 N–H and O–H groups in total. The first-order chi connectivity index (χ1) is 35.0. The molecule has 0 bridgehead atoms. The average molecular weight is 975 g/mol. The fraction of sp³-hybridized carbons (Fsp3) is 0.523. The second-order valence-electron chi connectivity index (χ2n) is 17.4. The van der Waals surface area contributed by atoms with Gasteiger partial charge in [-0.15, -0.1) is 0 Å². The molecule has 0 heterocycles. The molecule has 0 aromatic rings. The number of allylic oxidation sites excluding steroid dienone is 28. The summed E-state index contributed by atoms with van der Waals surface area (Å²) in [6, 6.07) is 0. The molecule has 0 aliphatic carbocycles. The maximum atomic E-state index is 12.8. The molecule has 6 nitrogen and oxygen atoms in total. The third-order valence-electron chi connectivity index (χ3n) is 10.7. The number of hydrogen-bond donors (Lipinski definition) is 0. The summed E-state index contributed by atoms with van der Waals surface area (Å²) < 4.78 is 16.7. The zero-order valence-corrected chi connectivity index (χ0v) is 44.9. The average Bonchev–Trinajstić information content (AvgIpc) is 3.37. The van der Waals surface area contributed by atoms with E-state index in [0.717, 1.165) is 122 Å². The van der Waals surface area contributed by atoms with E-state index in [2.05, 4.69) is 191 Å². The van der Waals surface area contributed by atoms with Gasteiger partial charge in [0.15, 0.2) is 6.10 Å². The van der Waals surface area contributed by atoms with Crippen LogP contribution < -0.4 is 0 Å². The third-order valence-corrected chi connectivity index (χ3v) is 10.7. The number of esters is 3. The van der Waals surface area contributed by atoms with Gasteiger partial charge in [-0.2, -0.15) is 0 Å². The number of rotatable bonds is 47. The van der Waals surface area contributed by atoms with Crippen molar-refractivity contribution in [1.82, 2.24) is 0 Å². The Morgan fingerprint density at radius 2 is 0.563 bits per heavy atom. The molecule has 1 atom stereocenters. The molecule has 71 heavy (non-hydrogen) atoms. The van der Waals surface area contributed by atoms with Gasteiger partial charge >= 0.3 is 17.9 Å². The lowest BCUT2D eigenvalue weighted by atomic mass is 10.1. The quantitative estimate of drug-likeness (QED) is 0.0262. The molecule has 0 aromatic carbocycles. The Labute approximate surface area is 434 Å². The highest BCUT2D eigenvalue weighted by Crippen LogP contribution is 2.10. The van der Waals surface area contributed by atoms with Crippen molar-refractivity contribution in [3.63, 3.8) is 0 Å². The molecule has 0 aliphatic rings. The molecule has 0 unspecified atom stereocenters. The molecule has 0 radical (unpaired) electrons. The molecule has 394 valence electrons. The van der Waals surface area contributed by atoms with Crippen LogP contribution >= 0.6 is 0 Å². The van der Waals surface area contributed by atoms with Crippen LogP contribution in [-0.4, -0.2) is 37.2 Å². The number of ether oxygens (including phenoxy) is 3. The smallest absolute Gasteiger partial charge is 0.306 e. The number of carbonyl (C=O) groups excluding carboxylic acids is 3. The second kappa shape index (κ2) is 57.3. The van der Waals surface area contributed by atoms with Crippen LogP contribution in [0, 0.1) is 0 Å². The van der Waals surface area contributed by atoms with Gasteiger partial charge < -0.3 is 14.2 Å². The van der Waals surface area contributed by atoms with Crippen molar-refractivity contribution < 1.29 is 28.6 Å². The number of unbranched alkanes of at least 4 members (excludes halogenated alkanes) is 8. The monoisotopic (exact) mass is 975 g/mol. The Balaban J connectivity index is 4.67. The minimum absolute atomic E-state index is 0.144. The minimum Gasteiger partial charge on any atom is -0.462 e. The van der Waals surface area contributed by atoms with Crippen LogP contribution in [0.25, 0.3) is 0 Å². The van der Waals surface area contributed by atoms with Gasteiger partial charge in [-0.3, -0.25) is 14.4 Å². The van der Waals surface area contributed by atoms with Crippen LogP contribution in [0.4, 0.5) is 0 Å². The van der Waals surface area contributed by atoms with Crippen molar-refractivity contribution >= 4 is 17.9 Å². The molecule has 0 aliphatic heterocycles. The zero-order valence-electron chi connectivity index (χ0n) is 44.9. The van der Waals surface area contributed by atoms with E-state index in [4.69, 9.17) is 14.2 Å². The Morgan fingerprint density at radius 1 is 0.296 bits per heavy atom. The Hall–Kier alpha value is -5.23. The number of hydrogen-bond acceptors (Lipinski definition) is 6. The van der Waals surface area contributed by atoms with Gasteiger partial charge in [-0.05, 0) is 141 Å². The summed E-state index contributed by atoms with van der Waals surface area (Å²) in [7, 11) is 0. The van der Waals surface area contributed by atoms with Crippen molar-refractivity contribution in [1.29, 1.82) is 0 Å². The lowest BCUT2D eigenvalue weighted by Crippen LogP contribution is -2.30. The van der Waals surface area contributed by atoms with E-state index in [-0.39, 0.29) is 44.4 Å². The van der Waals surface area contributed by atoms with Gasteiger partial charge in [-0.1, -0.05) is 210 Å². The van der Waals surface area contributed by atoms with Gasteiger partial charge in [0.25, 0.3) is 0 Å². The summed E-state index contributed by atoms with van der Waals surface area (Å²) in [4.78, 5) is 38.1. The van der Waals surface area contributed by atoms with E-state index in [1.54, 1.807) is 0 Å². The highest BCUT2D eigenvalue weighted by atomic mass is 16.6. The SMILES string of the molecule is CC/C=C\C/C=C\C/C=C\C/C=C\C/C=C\CCCCCC(=O)OC[C@H](COC(=O)CCC/C=C\C/C=C\C/C=C\C/C=C\C/C=C\CC)OC(=O)CCC/C=C\C/C=C\C/C=C\C/C=C\CCCCC. The highest BCUT2D eigenvalue weighted by molar-refractivity contribution is 5.71. The highest BCUT2D eigenvalue weighted by Gasteiger charge is 2.19. The predicted molar refractivity (Wildman–Crippen MR) is 306 cm³/mol. The van der Waals surface area contributed by atoms with E-state index >= 15 is 0 Å². The van der Waals surface area contributed by atoms with E-state index in [9.17, 15) is 14.4 Å². The molecule has 0 aromatic heterocycles. The number of carbonyl (C=O) groups is 3. The molecule has 0 rings (SSSR count). The van der Waals surface area contributed by atoms with Gasteiger partial charge in [0.2, 0.25) is 0 Å². The van der Waals surface area contributed by atoms with Crippen molar-refractivity contribution in [3.05, 3.63) is 170 Å². The summed E-state index contributed by atoms with van der Waals surface area (Å²) >= 11 is 0. The van der Waals surface area contributed by atoms with Gasteiger partial charge in [0.1, 0.15) is 13.2 Å². The van der Waals surface area contributed by atoms with Crippen molar-refractivity contribution in [2.45, 2.75) is 207 Å². The van der Waals surface area contributed by atoms with Gasteiger partial charge in [0, 0.05) is 19.3 Å². The fourth-order valence-corrected chi connectivity index (χ4v) is 6.61. The normalized spacial score (nSPS) is 13.5. The first-order valence-electron chi connectivity index (χ1n) is 27.6. The molecular formula is C65H98O6. The fourth-order valence-electron chi connectivity index (χ4n) is 6.61. The molecule has 0 saturated carbocycles. The zero-order chi connectivity index (χ0) is 51.4. The van der Waals surface area contributed by atoms with E-state index in [1.807, 2.05) is 0 Å². The lowest BCUT2D eigenvalue weighted by Gasteiger charge is -2.18. The predicted octanol–water partition coefficient (Wildman–Crippen LogP) is 18.8. The Kier molecular flexibility index (Phi) is 53.1. The largest absolute Gasteiger partial charge is 0.462 e. The minimum atomic E-state index is -0.853. The first kappa shape index (κ1) is 65.8. The molecule has 0 spiro atoms. The van der Waals surface area contributed by atoms with Crippen molar-refractivity contribution in [3.8, 4) is 0 Å². The van der Waals surface area contributed by atoms with Crippen LogP contribution in [0.1, 0.15) is 201 Å². The summed E-state index contributed by atoms with van der Waals surface area (Å²) in [6.45, 7) is 6.23. The Morgan fingerprint density at radius 3 is 0.887 bits per heavy atom. The molecule has 0 saturated heterocycles. The lowest BCUT2D eigenvalue weighted by molar-refractivity contribution is -0.167. The second-order valence-corrected chi connectivity index (χ2v) is 17.4. The maximum absolute atomic E-state index is 12.8. The van der Waals surface area contributed by atoms with Crippen LogP contribution in [0.2, 0.25) is 0 Å².